The molecule has 1 N–H and O–H groups in total. The number of nitrogens with zero attached hydrogens (tertiary/aromatic N) is 2. The van der Waals surface area contributed by atoms with Gasteiger partial charge in [-0.25, -0.2) is 4.79 Å². The van der Waals surface area contributed by atoms with Crippen LogP contribution in [-0.4, -0.2) is 50.2 Å². The minimum absolute atomic E-state index is 0.137. The first-order chi connectivity index (χ1) is 13.8. The predicted molar refractivity (Wildman–Crippen MR) is 116 cm³/mol. The fourth-order valence-electron chi connectivity index (χ4n) is 2.97. The van der Waals surface area contributed by atoms with Crippen molar-refractivity contribution in [3.8, 4) is 11.5 Å². The third kappa shape index (κ3) is 6.39. The Hall–Kier alpha value is -2.73. The standard InChI is InChI=1S/C23H33N3O3/c1-17(2)25(3)15-19-10-8-7-9-18(19)14-24-23(27)26(4)16-20-13-21(28-5)11-12-22(20)29-6/h7-13,17H,14-16H2,1-6H3,(H,24,27). The largest absolute Gasteiger partial charge is 0.497 e. The van der Waals surface area contributed by atoms with Crippen molar-refractivity contribution in [1.82, 2.24) is 15.1 Å². The second-order valence-electron chi connectivity index (χ2n) is 7.47. The van der Waals surface area contributed by atoms with Crippen LogP contribution in [0.2, 0.25) is 0 Å². The van der Waals surface area contributed by atoms with Gasteiger partial charge in [0.1, 0.15) is 11.5 Å². The second-order valence-corrected chi connectivity index (χ2v) is 7.47. The summed E-state index contributed by atoms with van der Waals surface area (Å²) in [4.78, 5) is 16.6. The molecule has 0 atom stereocenters. The van der Waals surface area contributed by atoms with Crippen LogP contribution in [0.4, 0.5) is 4.79 Å². The number of nitrogens with one attached hydrogen (secondary N) is 1. The average molecular weight is 400 g/mol. The molecule has 0 aliphatic heterocycles. The van der Waals surface area contributed by atoms with E-state index in [1.54, 1.807) is 26.2 Å². The zero-order valence-electron chi connectivity index (χ0n) is 18.4. The van der Waals surface area contributed by atoms with Gasteiger partial charge >= 0.3 is 6.03 Å². The van der Waals surface area contributed by atoms with Gasteiger partial charge in [0.05, 0.1) is 20.8 Å². The zero-order valence-corrected chi connectivity index (χ0v) is 18.4. The van der Waals surface area contributed by atoms with E-state index in [2.05, 4.69) is 43.2 Å². The van der Waals surface area contributed by atoms with E-state index in [4.69, 9.17) is 9.47 Å². The topological polar surface area (TPSA) is 54.0 Å². The molecular weight excluding hydrogens is 366 g/mol. The highest BCUT2D eigenvalue weighted by Gasteiger charge is 2.14. The second kappa shape index (κ2) is 10.7. The smallest absolute Gasteiger partial charge is 0.317 e. The van der Waals surface area contributed by atoms with Gasteiger partial charge < -0.3 is 19.7 Å². The molecule has 0 heterocycles. The fraction of sp³-hybridized carbons (Fsp3) is 0.435. The summed E-state index contributed by atoms with van der Waals surface area (Å²) >= 11 is 0. The van der Waals surface area contributed by atoms with E-state index in [1.807, 2.05) is 30.3 Å². The Balaban J connectivity index is 2.01. The Morgan fingerprint density at radius 2 is 1.66 bits per heavy atom. The molecule has 0 spiro atoms. The van der Waals surface area contributed by atoms with Crippen molar-refractivity contribution in [2.75, 3.05) is 28.3 Å². The number of urea groups is 1. The first kappa shape index (κ1) is 22.6. The highest BCUT2D eigenvalue weighted by atomic mass is 16.5. The van der Waals surface area contributed by atoms with E-state index in [-0.39, 0.29) is 6.03 Å². The van der Waals surface area contributed by atoms with Crippen molar-refractivity contribution in [2.24, 2.45) is 0 Å². The number of ether oxygens (including phenoxy) is 2. The summed E-state index contributed by atoms with van der Waals surface area (Å²) in [7, 11) is 7.12. The van der Waals surface area contributed by atoms with Crippen LogP contribution in [0.25, 0.3) is 0 Å². The molecule has 158 valence electrons. The van der Waals surface area contributed by atoms with Crippen LogP contribution in [0.15, 0.2) is 42.5 Å². The van der Waals surface area contributed by atoms with E-state index in [1.165, 1.54) is 5.56 Å². The van der Waals surface area contributed by atoms with Crippen molar-refractivity contribution >= 4 is 6.03 Å². The summed E-state index contributed by atoms with van der Waals surface area (Å²) in [6.45, 7) is 6.10. The Morgan fingerprint density at radius 3 is 2.28 bits per heavy atom. The summed E-state index contributed by atoms with van der Waals surface area (Å²) in [6, 6.07) is 14.1. The summed E-state index contributed by atoms with van der Waals surface area (Å²) in [5.74, 6) is 1.46. The highest BCUT2D eigenvalue weighted by molar-refractivity contribution is 5.74. The number of carbonyl (C=O) groups is 1. The Kier molecular flexibility index (Phi) is 8.34. The lowest BCUT2D eigenvalue weighted by Crippen LogP contribution is -2.36. The molecule has 2 aromatic carbocycles. The molecule has 0 saturated heterocycles. The fourth-order valence-corrected chi connectivity index (χ4v) is 2.97. The molecule has 0 saturated carbocycles. The number of benzene rings is 2. The van der Waals surface area contributed by atoms with Crippen LogP contribution < -0.4 is 14.8 Å². The van der Waals surface area contributed by atoms with Gasteiger partial charge in [0.25, 0.3) is 0 Å². The average Bonchev–Trinajstić information content (AvgIpc) is 2.72. The molecule has 2 aromatic rings. The Bertz CT molecular complexity index is 808. The monoisotopic (exact) mass is 399 g/mol. The first-order valence-corrected chi connectivity index (χ1v) is 9.82. The maximum Gasteiger partial charge on any atom is 0.317 e. The zero-order chi connectivity index (χ0) is 21.4. The van der Waals surface area contributed by atoms with Gasteiger partial charge in [-0.2, -0.15) is 0 Å². The summed E-state index contributed by atoms with van der Waals surface area (Å²) < 4.78 is 10.7. The van der Waals surface area contributed by atoms with E-state index in [9.17, 15) is 4.79 Å². The number of amides is 2. The van der Waals surface area contributed by atoms with E-state index >= 15 is 0 Å². The number of hydrogen-bond donors (Lipinski definition) is 1. The van der Waals surface area contributed by atoms with Crippen LogP contribution in [0, 0.1) is 0 Å². The first-order valence-electron chi connectivity index (χ1n) is 9.82. The van der Waals surface area contributed by atoms with Gasteiger partial charge in [0, 0.05) is 31.7 Å². The predicted octanol–water partition coefficient (Wildman–Crippen LogP) is 3.89. The van der Waals surface area contributed by atoms with Crippen molar-refractivity contribution < 1.29 is 14.3 Å². The van der Waals surface area contributed by atoms with Crippen molar-refractivity contribution in [3.05, 3.63) is 59.2 Å². The van der Waals surface area contributed by atoms with Gasteiger partial charge in [0.2, 0.25) is 0 Å². The lowest BCUT2D eigenvalue weighted by molar-refractivity contribution is 0.205. The SMILES string of the molecule is COc1ccc(OC)c(CN(C)C(=O)NCc2ccccc2CN(C)C(C)C)c1. The molecule has 0 unspecified atom stereocenters. The van der Waals surface area contributed by atoms with Crippen molar-refractivity contribution in [3.63, 3.8) is 0 Å². The maximum absolute atomic E-state index is 12.6. The molecule has 0 aliphatic rings. The Morgan fingerprint density at radius 1 is 0.966 bits per heavy atom. The molecule has 6 nitrogen and oxygen atoms in total. The van der Waals surface area contributed by atoms with Gasteiger partial charge in [0.15, 0.2) is 0 Å². The van der Waals surface area contributed by atoms with Crippen molar-refractivity contribution in [2.45, 2.75) is 39.5 Å². The molecule has 0 aromatic heterocycles. The van der Waals surface area contributed by atoms with Crippen LogP contribution >= 0.6 is 0 Å². The number of rotatable bonds is 9. The summed E-state index contributed by atoms with van der Waals surface area (Å²) in [5, 5.41) is 3.02. The van der Waals surface area contributed by atoms with Gasteiger partial charge in [-0.15, -0.1) is 0 Å². The van der Waals surface area contributed by atoms with Crippen LogP contribution in [0.1, 0.15) is 30.5 Å². The molecule has 0 fully saturated rings. The van der Waals surface area contributed by atoms with Crippen LogP contribution in [0.5, 0.6) is 11.5 Å². The third-order valence-corrected chi connectivity index (χ3v) is 5.09. The maximum atomic E-state index is 12.6. The van der Waals surface area contributed by atoms with Crippen molar-refractivity contribution in [1.29, 1.82) is 0 Å². The van der Waals surface area contributed by atoms with Gasteiger partial charge in [-0.1, -0.05) is 24.3 Å². The lowest BCUT2D eigenvalue weighted by Gasteiger charge is -2.23. The lowest BCUT2D eigenvalue weighted by atomic mass is 10.1. The van der Waals surface area contributed by atoms with E-state index in [0.717, 1.165) is 29.2 Å². The Labute approximate surface area is 174 Å². The highest BCUT2D eigenvalue weighted by Crippen LogP contribution is 2.25. The summed E-state index contributed by atoms with van der Waals surface area (Å²) in [6.07, 6.45) is 0. The molecule has 0 radical (unpaired) electrons. The molecule has 29 heavy (non-hydrogen) atoms. The number of methoxy groups -OCH3 is 2. The van der Waals surface area contributed by atoms with Gasteiger partial charge in [-0.3, -0.25) is 4.90 Å². The molecule has 2 amide bonds. The normalized spacial score (nSPS) is 10.9. The molecule has 0 aliphatic carbocycles. The van der Waals surface area contributed by atoms with E-state index < -0.39 is 0 Å². The quantitative estimate of drug-likeness (QED) is 0.695. The minimum Gasteiger partial charge on any atom is -0.497 e. The number of carbonyl (C=O) groups excluding carboxylic acids is 1. The third-order valence-electron chi connectivity index (χ3n) is 5.09. The molecular formula is C23H33N3O3. The van der Waals surface area contributed by atoms with Crippen LogP contribution in [-0.2, 0) is 19.6 Å². The molecule has 2 rings (SSSR count). The summed E-state index contributed by atoms with van der Waals surface area (Å²) in [5.41, 5.74) is 3.24. The number of hydrogen-bond acceptors (Lipinski definition) is 4. The minimum atomic E-state index is -0.137. The van der Waals surface area contributed by atoms with Crippen LogP contribution in [0.3, 0.4) is 0 Å². The van der Waals surface area contributed by atoms with Gasteiger partial charge in [-0.05, 0) is 50.2 Å². The van der Waals surface area contributed by atoms with E-state index in [0.29, 0.717) is 19.1 Å². The molecule has 0 bridgehead atoms. The molecule has 6 heteroatoms.